The van der Waals surface area contributed by atoms with E-state index < -0.39 is 16.8 Å². The second-order valence-electron chi connectivity index (χ2n) is 5.65. The molecule has 0 aliphatic heterocycles. The molecule has 2 aromatic carbocycles. The number of hydrogen-bond acceptors (Lipinski definition) is 4. The summed E-state index contributed by atoms with van der Waals surface area (Å²) >= 11 is 0.832. The number of para-hydroxylation sites is 1. The van der Waals surface area contributed by atoms with Gasteiger partial charge < -0.3 is 10.8 Å². The van der Waals surface area contributed by atoms with Crippen molar-refractivity contribution in [1.29, 1.82) is 0 Å². The molecular formula is C17H15F3N2OS. The smallest absolute Gasteiger partial charge is 0.399 e. The number of alkyl halides is 3. The number of anilines is 1. The number of thiazole rings is 1. The zero-order valence-corrected chi connectivity index (χ0v) is 13.8. The average molecular weight is 352 g/mol. The highest BCUT2D eigenvalue weighted by molar-refractivity contribution is 7.18. The van der Waals surface area contributed by atoms with Gasteiger partial charge in [0.25, 0.3) is 0 Å². The van der Waals surface area contributed by atoms with Crippen molar-refractivity contribution in [3.8, 4) is 0 Å². The van der Waals surface area contributed by atoms with Gasteiger partial charge in [-0.3, -0.25) is 0 Å². The molecule has 0 saturated carbocycles. The summed E-state index contributed by atoms with van der Waals surface area (Å²) in [6, 6.07) is 9.30. The standard InChI is InChI=1S/C17H15F3N2OS/c1-9-10(2)12(21)8-7-11(9)16(23,17(18,19)20)15-22-13-5-3-4-6-14(13)24-15/h3-8,23H,21H2,1-2H3/t16-/m1/s1. The minimum atomic E-state index is -4.92. The minimum absolute atomic E-state index is 0.249. The minimum Gasteiger partial charge on any atom is -0.399 e. The summed E-state index contributed by atoms with van der Waals surface area (Å²) in [4.78, 5) is 4.04. The summed E-state index contributed by atoms with van der Waals surface area (Å²) in [7, 11) is 0. The third-order valence-electron chi connectivity index (χ3n) is 4.23. The molecule has 3 N–H and O–H groups in total. The van der Waals surface area contributed by atoms with Gasteiger partial charge in [-0.15, -0.1) is 11.3 Å². The molecule has 3 rings (SSSR count). The molecular weight excluding hydrogens is 337 g/mol. The van der Waals surface area contributed by atoms with Gasteiger partial charge in [0, 0.05) is 11.3 Å². The van der Waals surface area contributed by atoms with Gasteiger partial charge >= 0.3 is 6.18 Å². The van der Waals surface area contributed by atoms with E-state index in [1.54, 1.807) is 31.2 Å². The van der Waals surface area contributed by atoms with Crippen LogP contribution in [0.5, 0.6) is 0 Å². The lowest BCUT2D eigenvalue weighted by molar-refractivity contribution is -0.248. The summed E-state index contributed by atoms with van der Waals surface area (Å²) in [5, 5.41) is 10.4. The van der Waals surface area contributed by atoms with Gasteiger partial charge in [0.2, 0.25) is 5.60 Å². The second-order valence-corrected chi connectivity index (χ2v) is 6.68. The molecule has 1 atom stereocenters. The van der Waals surface area contributed by atoms with Crippen LogP contribution in [0.2, 0.25) is 0 Å². The Kier molecular flexibility index (Phi) is 3.80. The molecule has 24 heavy (non-hydrogen) atoms. The fourth-order valence-electron chi connectivity index (χ4n) is 2.65. The molecule has 1 heterocycles. The highest BCUT2D eigenvalue weighted by atomic mass is 32.1. The van der Waals surface area contributed by atoms with Gasteiger partial charge in [0.15, 0.2) is 0 Å². The Morgan fingerprint density at radius 1 is 1.04 bits per heavy atom. The maximum Gasteiger partial charge on any atom is 0.428 e. The van der Waals surface area contributed by atoms with Crippen molar-refractivity contribution >= 4 is 27.2 Å². The van der Waals surface area contributed by atoms with Gasteiger partial charge in [-0.05, 0) is 43.2 Å². The molecule has 0 unspecified atom stereocenters. The van der Waals surface area contributed by atoms with Crippen LogP contribution >= 0.6 is 11.3 Å². The predicted molar refractivity (Wildman–Crippen MR) is 89.0 cm³/mol. The number of benzene rings is 2. The molecule has 0 bridgehead atoms. The fraction of sp³-hybridized carbons (Fsp3) is 0.235. The molecule has 0 radical (unpaired) electrons. The Hall–Kier alpha value is -2.12. The van der Waals surface area contributed by atoms with Gasteiger partial charge in [-0.2, -0.15) is 13.2 Å². The van der Waals surface area contributed by atoms with E-state index in [9.17, 15) is 18.3 Å². The Bertz CT molecular complexity index is 887. The van der Waals surface area contributed by atoms with Crippen molar-refractivity contribution in [1.82, 2.24) is 4.98 Å². The SMILES string of the molecule is Cc1c(N)ccc([C@@](O)(c2nc3ccccc3s2)C(F)(F)F)c1C. The predicted octanol–water partition coefficient (Wildman–Crippen LogP) is 4.29. The van der Waals surface area contributed by atoms with Crippen LogP contribution in [0.25, 0.3) is 10.2 Å². The third-order valence-corrected chi connectivity index (χ3v) is 5.38. The number of rotatable bonds is 2. The van der Waals surface area contributed by atoms with E-state index in [2.05, 4.69) is 4.98 Å². The molecule has 1 aromatic heterocycles. The number of hydrogen-bond donors (Lipinski definition) is 2. The van der Waals surface area contributed by atoms with Crippen LogP contribution in [0.4, 0.5) is 18.9 Å². The van der Waals surface area contributed by atoms with Crippen LogP contribution in [0.3, 0.4) is 0 Å². The summed E-state index contributed by atoms with van der Waals surface area (Å²) in [5.74, 6) is 0. The Balaban J connectivity index is 2.32. The fourth-order valence-corrected chi connectivity index (χ4v) is 3.74. The summed E-state index contributed by atoms with van der Waals surface area (Å²) in [5.41, 5.74) is 3.95. The lowest BCUT2D eigenvalue weighted by Crippen LogP contribution is -2.44. The first kappa shape index (κ1) is 16.7. The van der Waals surface area contributed by atoms with E-state index in [0.717, 1.165) is 11.3 Å². The zero-order valence-electron chi connectivity index (χ0n) is 13.0. The number of nitrogens with zero attached hydrogens (tertiary/aromatic N) is 1. The average Bonchev–Trinajstić information content (AvgIpc) is 2.95. The van der Waals surface area contributed by atoms with Crippen molar-refractivity contribution in [2.75, 3.05) is 5.73 Å². The van der Waals surface area contributed by atoms with Crippen LogP contribution in [-0.2, 0) is 5.60 Å². The second kappa shape index (κ2) is 5.46. The van der Waals surface area contributed by atoms with Gasteiger partial charge in [0.05, 0.1) is 10.2 Å². The maximum atomic E-state index is 13.9. The van der Waals surface area contributed by atoms with Crippen LogP contribution in [0, 0.1) is 13.8 Å². The first-order valence-electron chi connectivity index (χ1n) is 7.17. The van der Waals surface area contributed by atoms with Crippen molar-refractivity contribution < 1.29 is 18.3 Å². The molecule has 3 nitrogen and oxygen atoms in total. The molecule has 0 saturated heterocycles. The van der Waals surface area contributed by atoms with Gasteiger partial charge in [-0.1, -0.05) is 18.2 Å². The summed E-state index contributed by atoms with van der Waals surface area (Å²) < 4.78 is 42.3. The topological polar surface area (TPSA) is 59.1 Å². The van der Waals surface area contributed by atoms with Gasteiger partial charge in [-0.25, -0.2) is 4.98 Å². The monoisotopic (exact) mass is 352 g/mol. The Morgan fingerprint density at radius 2 is 1.71 bits per heavy atom. The number of nitrogens with two attached hydrogens (primary N) is 1. The highest BCUT2D eigenvalue weighted by Gasteiger charge is 2.59. The first-order chi connectivity index (χ1) is 11.2. The Labute approximate surface area is 140 Å². The summed E-state index contributed by atoms with van der Waals surface area (Å²) in [6.07, 6.45) is -4.92. The van der Waals surface area contributed by atoms with E-state index in [1.807, 2.05) is 0 Å². The van der Waals surface area contributed by atoms with Crippen LogP contribution < -0.4 is 5.73 Å². The van der Waals surface area contributed by atoms with Crippen LogP contribution in [0.1, 0.15) is 21.7 Å². The number of nitrogen functional groups attached to an aromatic ring is 1. The maximum absolute atomic E-state index is 13.9. The van der Waals surface area contributed by atoms with Crippen molar-refractivity contribution in [2.24, 2.45) is 0 Å². The van der Waals surface area contributed by atoms with Gasteiger partial charge in [0.1, 0.15) is 5.01 Å². The van der Waals surface area contributed by atoms with Crippen molar-refractivity contribution in [3.05, 3.63) is 58.1 Å². The molecule has 0 fully saturated rings. The first-order valence-corrected chi connectivity index (χ1v) is 7.99. The number of halogens is 3. The van der Waals surface area contributed by atoms with Crippen molar-refractivity contribution in [2.45, 2.75) is 25.6 Å². The largest absolute Gasteiger partial charge is 0.428 e. The normalized spacial score (nSPS) is 14.8. The number of aromatic nitrogens is 1. The van der Waals surface area contributed by atoms with E-state index in [-0.39, 0.29) is 5.56 Å². The highest BCUT2D eigenvalue weighted by Crippen LogP contribution is 2.48. The third kappa shape index (κ3) is 2.35. The van der Waals surface area contributed by atoms with E-state index in [4.69, 9.17) is 5.73 Å². The lowest BCUT2D eigenvalue weighted by Gasteiger charge is -2.31. The quantitative estimate of drug-likeness (QED) is 0.676. The molecule has 0 aliphatic carbocycles. The number of aliphatic hydroxyl groups is 1. The Morgan fingerprint density at radius 3 is 2.33 bits per heavy atom. The lowest BCUT2D eigenvalue weighted by atomic mass is 9.87. The molecule has 0 amide bonds. The molecule has 7 heteroatoms. The molecule has 3 aromatic rings. The molecule has 126 valence electrons. The van der Waals surface area contributed by atoms with E-state index >= 15 is 0 Å². The van der Waals surface area contributed by atoms with E-state index in [1.165, 1.54) is 19.1 Å². The summed E-state index contributed by atoms with van der Waals surface area (Å²) in [6.45, 7) is 3.15. The van der Waals surface area contributed by atoms with E-state index in [0.29, 0.717) is 27.0 Å². The molecule has 0 spiro atoms. The van der Waals surface area contributed by atoms with Crippen LogP contribution in [0.15, 0.2) is 36.4 Å². The van der Waals surface area contributed by atoms with Crippen LogP contribution in [-0.4, -0.2) is 16.3 Å². The number of fused-ring (bicyclic) bond motifs is 1. The molecule has 0 aliphatic rings. The zero-order chi connectivity index (χ0) is 17.7. The van der Waals surface area contributed by atoms with Crippen molar-refractivity contribution in [3.63, 3.8) is 0 Å².